The molecule has 0 aromatic carbocycles. The molecular weight excluding hydrogens is 1150 g/mol. The van der Waals surface area contributed by atoms with E-state index in [9.17, 15) is 19.5 Å². The van der Waals surface area contributed by atoms with Crippen LogP contribution in [0.1, 0.15) is 450 Å². The van der Waals surface area contributed by atoms with Gasteiger partial charge in [-0.25, -0.2) is 4.79 Å². The van der Waals surface area contributed by atoms with E-state index in [4.69, 9.17) is 18.9 Å². The molecule has 0 bridgehead atoms. The zero-order chi connectivity index (χ0) is 67.5. The van der Waals surface area contributed by atoms with Crippen LogP contribution in [0, 0.1) is 0 Å². The minimum Gasteiger partial charge on any atom is -0.477 e. The lowest BCUT2D eigenvalue weighted by atomic mass is 10.0. The summed E-state index contributed by atoms with van der Waals surface area (Å²) in [5.74, 6) is -1.96. The molecule has 0 fully saturated rings. The van der Waals surface area contributed by atoms with Gasteiger partial charge in [-0.05, 0) is 38.5 Å². The van der Waals surface area contributed by atoms with E-state index in [2.05, 4.69) is 26.0 Å². The van der Waals surface area contributed by atoms with E-state index >= 15 is 0 Å². The van der Waals surface area contributed by atoms with Crippen LogP contribution in [-0.4, -0.2) is 87.4 Å². The predicted molar refractivity (Wildman–Crippen MR) is 402 cm³/mol. The average Bonchev–Trinajstić information content (AvgIpc) is 3.74. The molecule has 0 rings (SSSR count). The summed E-state index contributed by atoms with van der Waals surface area (Å²) in [6.07, 6.45) is 92.6. The highest BCUT2D eigenvalue weighted by atomic mass is 16.7. The van der Waals surface area contributed by atoms with Gasteiger partial charge in [0.05, 0.1) is 34.4 Å². The van der Waals surface area contributed by atoms with Crippen LogP contribution in [-0.2, 0) is 33.3 Å². The number of hydrogen-bond donors (Lipinski definition) is 1. The number of aliphatic carboxylic acids is 1. The smallest absolute Gasteiger partial charge is 0.361 e. The van der Waals surface area contributed by atoms with Crippen molar-refractivity contribution in [2.24, 2.45) is 0 Å². The van der Waals surface area contributed by atoms with Gasteiger partial charge < -0.3 is 28.5 Å². The Labute approximate surface area is 580 Å². The number of likely N-dealkylation sites (N-methyl/N-ethyl adjacent to an activating group) is 1. The van der Waals surface area contributed by atoms with Gasteiger partial charge in [0.2, 0.25) is 0 Å². The maximum absolute atomic E-state index is 13.0. The van der Waals surface area contributed by atoms with Crippen molar-refractivity contribution in [2.75, 3.05) is 47.5 Å². The van der Waals surface area contributed by atoms with Gasteiger partial charge in [-0.1, -0.05) is 411 Å². The lowest BCUT2D eigenvalue weighted by Crippen LogP contribution is -2.40. The van der Waals surface area contributed by atoms with Crippen molar-refractivity contribution in [3.05, 3.63) is 12.2 Å². The van der Waals surface area contributed by atoms with Gasteiger partial charge in [-0.2, -0.15) is 0 Å². The Bertz CT molecular complexity index is 1530. The summed E-state index contributed by atoms with van der Waals surface area (Å²) in [5, 5.41) is 9.78. The van der Waals surface area contributed by atoms with E-state index in [1.807, 2.05) is 21.1 Å². The standard InChI is InChI=1S/C84H163NO8/c1-6-8-10-12-14-16-18-20-22-24-26-28-30-32-34-36-37-38-39-40-41-42-43-44-45-47-48-50-52-54-56-58-60-62-64-66-68-70-72-74-81(86)91-78-80(79-92-84(83(88)89)90-77-76-85(3,4)5)93-82(87)75-73-71-69-67-65-63-61-59-57-55-53-51-49-46-35-33-31-29-27-25-23-21-19-17-15-13-11-9-7-2/h25,27,80,84H,6-24,26,28-79H2,1-5H3/p+1/b27-25-. The Kier molecular flexibility index (Phi) is 74.2. The molecule has 0 saturated carbocycles. The fourth-order valence-corrected chi connectivity index (χ4v) is 13.1. The van der Waals surface area contributed by atoms with E-state index in [0.717, 1.165) is 38.5 Å². The average molecular weight is 1320 g/mol. The highest BCUT2D eigenvalue weighted by molar-refractivity contribution is 5.71. The van der Waals surface area contributed by atoms with Crippen molar-refractivity contribution in [1.29, 1.82) is 0 Å². The van der Waals surface area contributed by atoms with Crippen molar-refractivity contribution < 1.29 is 42.9 Å². The minimum atomic E-state index is -1.51. The molecule has 0 aliphatic heterocycles. The second kappa shape index (κ2) is 75.8. The van der Waals surface area contributed by atoms with Crippen LogP contribution in [0.25, 0.3) is 0 Å². The number of carbonyl (C=O) groups is 3. The normalized spacial score (nSPS) is 12.6. The van der Waals surface area contributed by atoms with Crippen LogP contribution in [0.15, 0.2) is 12.2 Å². The number of carboxylic acid groups (broad SMARTS) is 1. The lowest BCUT2D eigenvalue weighted by Gasteiger charge is -2.25. The molecule has 2 unspecified atom stereocenters. The third kappa shape index (κ3) is 77.3. The van der Waals surface area contributed by atoms with Crippen molar-refractivity contribution in [2.45, 2.75) is 463 Å². The van der Waals surface area contributed by atoms with E-state index < -0.39 is 18.4 Å². The van der Waals surface area contributed by atoms with Gasteiger partial charge in [-0.3, -0.25) is 9.59 Å². The topological polar surface area (TPSA) is 108 Å². The Balaban J connectivity index is 3.91. The number of nitrogens with zero attached hydrogens (tertiary/aromatic N) is 1. The van der Waals surface area contributed by atoms with Gasteiger partial charge in [0.25, 0.3) is 6.29 Å². The van der Waals surface area contributed by atoms with E-state index in [1.165, 1.54) is 385 Å². The van der Waals surface area contributed by atoms with Gasteiger partial charge in [0, 0.05) is 12.8 Å². The third-order valence-electron chi connectivity index (χ3n) is 19.5. The molecule has 9 nitrogen and oxygen atoms in total. The number of esters is 2. The Morgan fingerprint density at radius 2 is 0.548 bits per heavy atom. The fourth-order valence-electron chi connectivity index (χ4n) is 13.1. The zero-order valence-electron chi connectivity index (χ0n) is 63.5. The largest absolute Gasteiger partial charge is 0.477 e. The molecule has 0 aliphatic carbocycles. The van der Waals surface area contributed by atoms with Crippen molar-refractivity contribution in [3.63, 3.8) is 0 Å². The molecule has 0 aromatic heterocycles. The summed E-state index contributed by atoms with van der Waals surface area (Å²) in [5.41, 5.74) is 0. The number of unbranched alkanes of at least 4 members (excludes halogenated alkanes) is 63. The van der Waals surface area contributed by atoms with E-state index in [-0.39, 0.29) is 38.2 Å². The van der Waals surface area contributed by atoms with Crippen molar-refractivity contribution >= 4 is 17.9 Å². The number of hydrogen-bond acceptors (Lipinski definition) is 7. The van der Waals surface area contributed by atoms with Gasteiger partial charge in [0.1, 0.15) is 13.2 Å². The molecule has 93 heavy (non-hydrogen) atoms. The summed E-state index contributed by atoms with van der Waals surface area (Å²) < 4.78 is 23.1. The minimum absolute atomic E-state index is 0.173. The lowest BCUT2D eigenvalue weighted by molar-refractivity contribution is -0.870. The monoisotopic (exact) mass is 1320 g/mol. The summed E-state index contributed by atoms with van der Waals surface area (Å²) in [6, 6.07) is 0. The Hall–Kier alpha value is -1.97. The fraction of sp³-hybridized carbons (Fsp3) is 0.940. The van der Waals surface area contributed by atoms with Crippen LogP contribution in [0.5, 0.6) is 0 Å². The SMILES string of the molecule is CCCCCCCCCC/C=C\CCCCCCCCCCCCCCCCCCCC(=O)OC(COC(=O)CCCCCCCCCCCCCCCCCCCCCCCCCCCCCCCCCCCCCCCCC)COC(OCC[N+](C)(C)C)C(=O)O. The summed E-state index contributed by atoms with van der Waals surface area (Å²) >= 11 is 0. The molecule has 0 aromatic rings. The second-order valence-corrected chi connectivity index (χ2v) is 30.2. The number of carbonyl (C=O) groups excluding carboxylic acids is 2. The zero-order valence-corrected chi connectivity index (χ0v) is 63.5. The molecule has 9 heteroatoms. The predicted octanol–water partition coefficient (Wildman–Crippen LogP) is 26.7. The number of quaternary nitrogens is 1. The first-order valence-electron chi connectivity index (χ1n) is 41.9. The van der Waals surface area contributed by atoms with Crippen LogP contribution in [0.4, 0.5) is 0 Å². The van der Waals surface area contributed by atoms with Crippen LogP contribution >= 0.6 is 0 Å². The number of allylic oxidation sites excluding steroid dienone is 2. The van der Waals surface area contributed by atoms with Crippen LogP contribution < -0.4 is 0 Å². The van der Waals surface area contributed by atoms with Crippen LogP contribution in [0.2, 0.25) is 0 Å². The summed E-state index contributed by atoms with van der Waals surface area (Å²) in [7, 11) is 6.00. The van der Waals surface area contributed by atoms with Gasteiger partial charge >= 0.3 is 17.9 Å². The maximum Gasteiger partial charge on any atom is 0.361 e. The van der Waals surface area contributed by atoms with E-state index in [0.29, 0.717) is 17.4 Å². The maximum atomic E-state index is 13.0. The molecule has 0 amide bonds. The second-order valence-electron chi connectivity index (χ2n) is 30.2. The first-order chi connectivity index (χ1) is 45.6. The molecule has 0 saturated heterocycles. The van der Waals surface area contributed by atoms with Gasteiger partial charge in [-0.15, -0.1) is 0 Å². The number of carboxylic acids is 1. The van der Waals surface area contributed by atoms with Crippen molar-refractivity contribution in [3.8, 4) is 0 Å². The molecule has 1 N–H and O–H groups in total. The molecule has 0 spiro atoms. The molecule has 552 valence electrons. The first kappa shape index (κ1) is 91.0. The summed E-state index contributed by atoms with van der Waals surface area (Å²) in [6.45, 7) is 4.98. The molecule has 0 radical (unpaired) electrons. The molecule has 0 heterocycles. The highest BCUT2D eigenvalue weighted by Crippen LogP contribution is 2.21. The van der Waals surface area contributed by atoms with Crippen LogP contribution in [0.3, 0.4) is 0 Å². The molecular formula is C84H164NO8+. The highest BCUT2D eigenvalue weighted by Gasteiger charge is 2.25. The Morgan fingerprint density at radius 3 is 0.796 bits per heavy atom. The number of rotatable bonds is 80. The first-order valence-corrected chi connectivity index (χ1v) is 41.9. The quantitative estimate of drug-likeness (QED) is 0.0211. The molecule has 0 aliphatic rings. The van der Waals surface area contributed by atoms with E-state index in [1.54, 1.807) is 0 Å². The van der Waals surface area contributed by atoms with Gasteiger partial charge in [0.15, 0.2) is 6.10 Å². The Morgan fingerprint density at radius 1 is 0.312 bits per heavy atom. The molecule has 2 atom stereocenters. The summed E-state index contributed by atoms with van der Waals surface area (Å²) in [4.78, 5) is 37.7. The van der Waals surface area contributed by atoms with Crippen molar-refractivity contribution in [1.82, 2.24) is 0 Å². The third-order valence-corrected chi connectivity index (χ3v) is 19.5. The number of ether oxygens (including phenoxy) is 4.